The minimum atomic E-state index is 0.147. The highest BCUT2D eigenvalue weighted by Crippen LogP contribution is 2.41. The number of benzene rings is 1. The van der Waals surface area contributed by atoms with Crippen LogP contribution >= 0.6 is 0 Å². The quantitative estimate of drug-likeness (QED) is 0.858. The van der Waals surface area contributed by atoms with Crippen LogP contribution in [0, 0.1) is 6.92 Å². The topological polar surface area (TPSA) is 19.4 Å². The summed E-state index contributed by atoms with van der Waals surface area (Å²) in [5.41, 5.74) is 5.33. The summed E-state index contributed by atoms with van der Waals surface area (Å²) < 4.78 is 0. The van der Waals surface area contributed by atoms with Crippen LogP contribution in [0.15, 0.2) is 42.5 Å². The van der Waals surface area contributed by atoms with Gasteiger partial charge >= 0.3 is 0 Å². The summed E-state index contributed by atoms with van der Waals surface area (Å²) in [6.07, 6.45) is 1.25. The molecule has 3 nitrogen and oxygen atoms in total. The first-order chi connectivity index (χ1) is 11.5. The Kier molecular flexibility index (Phi) is 3.84. The van der Waals surface area contributed by atoms with Crippen molar-refractivity contribution in [2.45, 2.75) is 45.2 Å². The molecule has 24 heavy (non-hydrogen) atoms. The zero-order chi connectivity index (χ0) is 16.7. The third-order valence-corrected chi connectivity index (χ3v) is 5.47. The summed E-state index contributed by atoms with van der Waals surface area (Å²) in [5.74, 6) is 0. The molecule has 2 aliphatic rings. The van der Waals surface area contributed by atoms with Gasteiger partial charge in [0.15, 0.2) is 0 Å². The predicted molar refractivity (Wildman–Crippen MR) is 99.5 cm³/mol. The fraction of sp³-hybridized carbons (Fsp3) is 0.476. The van der Waals surface area contributed by atoms with Crippen molar-refractivity contribution in [3.63, 3.8) is 0 Å². The lowest BCUT2D eigenvalue weighted by molar-refractivity contribution is 0.324. The Labute approximate surface area is 145 Å². The Balaban J connectivity index is 1.50. The van der Waals surface area contributed by atoms with Gasteiger partial charge in [-0.15, -0.1) is 0 Å². The van der Waals surface area contributed by atoms with Crippen molar-refractivity contribution in [3.05, 3.63) is 59.4 Å². The van der Waals surface area contributed by atoms with E-state index in [9.17, 15) is 0 Å². The van der Waals surface area contributed by atoms with Crippen LogP contribution in [0.25, 0.3) is 0 Å². The first-order valence-corrected chi connectivity index (χ1v) is 9.04. The SMILES string of the molecule is Cc1ccc2c(n1)C(C)(C)CN2[C@H]1CCN(Cc2ccccc2)C1. The predicted octanol–water partition coefficient (Wildman–Crippen LogP) is 3.76. The molecular formula is C21H27N3. The molecule has 0 bridgehead atoms. The Hall–Kier alpha value is -1.87. The van der Waals surface area contributed by atoms with E-state index in [-0.39, 0.29) is 5.41 Å². The standard InChI is InChI=1S/C21H27N3/c1-16-9-10-19-20(22-16)21(2,3)15-24(19)18-11-12-23(14-18)13-17-7-5-4-6-8-17/h4-10,18H,11-15H2,1-3H3/t18-/m0/s1. The third-order valence-electron chi connectivity index (χ3n) is 5.47. The first-order valence-electron chi connectivity index (χ1n) is 9.04. The summed E-state index contributed by atoms with van der Waals surface area (Å²) >= 11 is 0. The summed E-state index contributed by atoms with van der Waals surface area (Å²) in [5, 5.41) is 0. The van der Waals surface area contributed by atoms with Crippen LogP contribution in [-0.2, 0) is 12.0 Å². The minimum Gasteiger partial charge on any atom is -0.365 e. The summed E-state index contributed by atoms with van der Waals surface area (Å²) in [6.45, 7) is 11.2. The molecule has 0 saturated carbocycles. The van der Waals surface area contributed by atoms with Crippen molar-refractivity contribution >= 4 is 5.69 Å². The van der Waals surface area contributed by atoms with Crippen LogP contribution in [-0.4, -0.2) is 35.6 Å². The monoisotopic (exact) mass is 321 g/mol. The van der Waals surface area contributed by atoms with Gasteiger partial charge in [0.25, 0.3) is 0 Å². The Morgan fingerprint density at radius 2 is 1.92 bits per heavy atom. The van der Waals surface area contributed by atoms with Gasteiger partial charge in [-0.25, -0.2) is 0 Å². The van der Waals surface area contributed by atoms with Crippen LogP contribution < -0.4 is 4.90 Å². The minimum absolute atomic E-state index is 0.147. The fourth-order valence-corrected chi connectivity index (χ4v) is 4.24. The highest BCUT2D eigenvalue weighted by molar-refractivity contribution is 5.60. The maximum absolute atomic E-state index is 4.86. The smallest absolute Gasteiger partial charge is 0.0713 e. The molecule has 2 aromatic rings. The average Bonchev–Trinajstić information content (AvgIpc) is 3.11. The first kappa shape index (κ1) is 15.6. The maximum Gasteiger partial charge on any atom is 0.0713 e. The van der Waals surface area contributed by atoms with Crippen molar-refractivity contribution in [2.75, 3.05) is 24.5 Å². The van der Waals surface area contributed by atoms with Crippen molar-refractivity contribution in [1.82, 2.24) is 9.88 Å². The molecule has 0 spiro atoms. The van der Waals surface area contributed by atoms with E-state index >= 15 is 0 Å². The molecule has 1 saturated heterocycles. The summed E-state index contributed by atoms with van der Waals surface area (Å²) in [6, 6.07) is 15.9. The molecule has 4 rings (SSSR count). The number of likely N-dealkylation sites (tertiary alicyclic amines) is 1. The lowest BCUT2D eigenvalue weighted by Crippen LogP contribution is -2.39. The van der Waals surface area contributed by atoms with Crippen molar-refractivity contribution in [2.24, 2.45) is 0 Å². The molecule has 0 N–H and O–H groups in total. The van der Waals surface area contributed by atoms with Crippen LogP contribution in [0.1, 0.15) is 37.2 Å². The van der Waals surface area contributed by atoms with E-state index in [4.69, 9.17) is 4.98 Å². The largest absolute Gasteiger partial charge is 0.365 e. The van der Waals surface area contributed by atoms with Gasteiger partial charge in [0.05, 0.1) is 11.4 Å². The summed E-state index contributed by atoms with van der Waals surface area (Å²) in [7, 11) is 0. The van der Waals surface area contributed by atoms with Gasteiger partial charge in [-0.05, 0) is 31.0 Å². The molecule has 2 aliphatic heterocycles. The van der Waals surface area contributed by atoms with Gasteiger partial charge in [-0.1, -0.05) is 44.2 Å². The number of fused-ring (bicyclic) bond motifs is 1. The van der Waals surface area contributed by atoms with E-state index in [1.54, 1.807) is 0 Å². The van der Waals surface area contributed by atoms with Gasteiger partial charge in [-0.2, -0.15) is 0 Å². The molecule has 1 aromatic heterocycles. The molecule has 1 aromatic carbocycles. The highest BCUT2D eigenvalue weighted by Gasteiger charge is 2.41. The molecule has 3 heteroatoms. The molecule has 126 valence electrons. The van der Waals surface area contributed by atoms with Gasteiger partial charge in [0.1, 0.15) is 0 Å². The second-order valence-corrected chi connectivity index (χ2v) is 8.00. The van der Waals surface area contributed by atoms with E-state index in [0.29, 0.717) is 6.04 Å². The highest BCUT2D eigenvalue weighted by atomic mass is 15.3. The average molecular weight is 321 g/mol. The number of nitrogens with zero attached hydrogens (tertiary/aromatic N) is 3. The molecule has 0 amide bonds. The zero-order valence-electron chi connectivity index (χ0n) is 15.0. The Bertz CT molecular complexity index is 723. The number of rotatable bonds is 3. The molecule has 1 atom stereocenters. The Morgan fingerprint density at radius 1 is 1.12 bits per heavy atom. The van der Waals surface area contributed by atoms with Gasteiger partial charge in [0, 0.05) is 43.3 Å². The van der Waals surface area contributed by atoms with Crippen molar-refractivity contribution < 1.29 is 0 Å². The maximum atomic E-state index is 4.86. The molecule has 0 unspecified atom stereocenters. The fourth-order valence-electron chi connectivity index (χ4n) is 4.24. The zero-order valence-corrected chi connectivity index (χ0v) is 15.0. The van der Waals surface area contributed by atoms with Crippen LogP contribution in [0.2, 0.25) is 0 Å². The third kappa shape index (κ3) is 2.82. The van der Waals surface area contributed by atoms with Gasteiger partial charge < -0.3 is 4.90 Å². The van der Waals surface area contributed by atoms with Crippen molar-refractivity contribution in [3.8, 4) is 0 Å². The lowest BCUT2D eigenvalue weighted by Gasteiger charge is -2.28. The van der Waals surface area contributed by atoms with E-state index < -0.39 is 0 Å². The van der Waals surface area contributed by atoms with Gasteiger partial charge in [0.2, 0.25) is 0 Å². The lowest BCUT2D eigenvalue weighted by atomic mass is 9.91. The second-order valence-electron chi connectivity index (χ2n) is 8.00. The number of aromatic nitrogens is 1. The van der Waals surface area contributed by atoms with Gasteiger partial charge in [-0.3, -0.25) is 9.88 Å². The number of pyridine rings is 1. The normalized spacial score (nSPS) is 22.8. The van der Waals surface area contributed by atoms with Crippen molar-refractivity contribution in [1.29, 1.82) is 0 Å². The van der Waals surface area contributed by atoms with Crippen LogP contribution in [0.3, 0.4) is 0 Å². The number of anilines is 1. The molecule has 3 heterocycles. The Morgan fingerprint density at radius 3 is 2.71 bits per heavy atom. The van der Waals surface area contributed by atoms with E-state index in [1.807, 2.05) is 0 Å². The van der Waals surface area contributed by atoms with Crippen LogP contribution in [0.5, 0.6) is 0 Å². The second kappa shape index (κ2) is 5.89. The molecule has 0 radical (unpaired) electrons. The molecule has 0 aliphatic carbocycles. The summed E-state index contributed by atoms with van der Waals surface area (Å²) in [4.78, 5) is 10.1. The van der Waals surface area contributed by atoms with Crippen LogP contribution in [0.4, 0.5) is 5.69 Å². The molecule has 1 fully saturated rings. The van der Waals surface area contributed by atoms with E-state index in [0.717, 1.165) is 25.3 Å². The van der Waals surface area contributed by atoms with E-state index in [1.165, 1.54) is 29.9 Å². The van der Waals surface area contributed by atoms with E-state index in [2.05, 4.69) is 73.0 Å². The molecular weight excluding hydrogens is 294 g/mol. The number of aryl methyl sites for hydroxylation is 1. The number of hydrogen-bond donors (Lipinski definition) is 0. The number of hydrogen-bond acceptors (Lipinski definition) is 3.